The Morgan fingerprint density at radius 3 is 2.46 bits per heavy atom. The average Bonchev–Trinajstić information content (AvgIpc) is 2.99. The van der Waals surface area contributed by atoms with Crippen molar-refractivity contribution in [2.45, 2.75) is 45.6 Å². The number of carbonyl (C=O) groups is 3. The van der Waals surface area contributed by atoms with E-state index in [-0.39, 0.29) is 30.2 Å². The third-order valence-corrected chi connectivity index (χ3v) is 5.42. The normalized spacial score (nSPS) is 21.2. The van der Waals surface area contributed by atoms with Crippen LogP contribution in [-0.4, -0.2) is 54.9 Å². The Bertz CT molecular complexity index is 711. The third-order valence-electron chi connectivity index (χ3n) is 5.42. The van der Waals surface area contributed by atoms with Gasteiger partial charge >= 0.3 is 0 Å². The van der Waals surface area contributed by atoms with Crippen molar-refractivity contribution >= 4 is 23.4 Å². The Balaban J connectivity index is 1.59. The van der Waals surface area contributed by atoms with Gasteiger partial charge in [-0.2, -0.15) is 0 Å². The molecule has 152 valence electrons. The quantitative estimate of drug-likeness (QED) is 0.724. The minimum atomic E-state index is -0.384. The molecule has 2 heterocycles. The number of rotatable bonds is 7. The van der Waals surface area contributed by atoms with Crippen molar-refractivity contribution in [2.75, 3.05) is 31.1 Å². The Morgan fingerprint density at radius 2 is 1.86 bits per heavy atom. The van der Waals surface area contributed by atoms with E-state index in [1.54, 1.807) is 24.3 Å². The summed E-state index contributed by atoms with van der Waals surface area (Å²) in [6.45, 7) is 6.42. The first kappa shape index (κ1) is 20.3. The first-order chi connectivity index (χ1) is 13.5. The van der Waals surface area contributed by atoms with Crippen molar-refractivity contribution in [3.8, 4) is 5.75 Å². The Kier molecular flexibility index (Phi) is 6.67. The van der Waals surface area contributed by atoms with Gasteiger partial charge in [-0.25, -0.2) is 4.90 Å². The molecular weight excluding hydrogens is 358 g/mol. The van der Waals surface area contributed by atoms with Crippen molar-refractivity contribution in [3.63, 3.8) is 0 Å². The molecule has 28 heavy (non-hydrogen) atoms. The van der Waals surface area contributed by atoms with Crippen LogP contribution in [0.5, 0.6) is 5.75 Å². The molecular formula is C21H29N3O4. The van der Waals surface area contributed by atoms with E-state index < -0.39 is 0 Å². The monoisotopic (exact) mass is 387 g/mol. The molecule has 2 aliphatic heterocycles. The van der Waals surface area contributed by atoms with Crippen LogP contribution >= 0.6 is 0 Å². The second kappa shape index (κ2) is 9.19. The molecule has 2 aliphatic rings. The minimum Gasteiger partial charge on any atom is -0.494 e. The number of carbonyl (C=O) groups excluding carboxylic acids is 3. The van der Waals surface area contributed by atoms with Crippen LogP contribution in [-0.2, 0) is 14.4 Å². The lowest BCUT2D eigenvalue weighted by molar-refractivity contribution is -0.123. The summed E-state index contributed by atoms with van der Waals surface area (Å²) < 4.78 is 5.56. The zero-order valence-corrected chi connectivity index (χ0v) is 16.6. The zero-order valence-electron chi connectivity index (χ0n) is 16.6. The van der Waals surface area contributed by atoms with E-state index in [0.29, 0.717) is 24.8 Å². The molecule has 0 radical (unpaired) electrons. The molecule has 0 saturated carbocycles. The van der Waals surface area contributed by atoms with Crippen LogP contribution in [0.2, 0.25) is 0 Å². The standard InChI is InChI=1S/C21H29N3O4/c1-3-12-28-18-6-4-17(5-7-18)24-20(26)13-19(21(24)27)23-10-8-16(9-11-23)14-22-15(2)25/h4-7,16,19H,3,8-14H2,1-2H3,(H,22,25). The smallest absolute Gasteiger partial charge is 0.251 e. The molecule has 2 fully saturated rings. The van der Waals surface area contributed by atoms with E-state index in [2.05, 4.69) is 10.2 Å². The summed E-state index contributed by atoms with van der Waals surface area (Å²) in [5.74, 6) is 0.854. The summed E-state index contributed by atoms with van der Waals surface area (Å²) in [6.07, 6.45) is 2.99. The number of benzene rings is 1. The van der Waals surface area contributed by atoms with Crippen molar-refractivity contribution in [1.29, 1.82) is 0 Å². The second-order valence-electron chi connectivity index (χ2n) is 7.55. The molecule has 2 saturated heterocycles. The summed E-state index contributed by atoms with van der Waals surface area (Å²) in [5, 5.41) is 2.86. The fourth-order valence-corrected chi connectivity index (χ4v) is 3.84. The van der Waals surface area contributed by atoms with Gasteiger partial charge in [-0.3, -0.25) is 19.3 Å². The van der Waals surface area contributed by atoms with Crippen LogP contribution in [0, 0.1) is 5.92 Å². The Morgan fingerprint density at radius 1 is 1.18 bits per heavy atom. The molecule has 7 nitrogen and oxygen atoms in total. The summed E-state index contributed by atoms with van der Waals surface area (Å²) >= 11 is 0. The van der Waals surface area contributed by atoms with Crippen LogP contribution in [0.15, 0.2) is 24.3 Å². The maximum Gasteiger partial charge on any atom is 0.251 e. The lowest BCUT2D eigenvalue weighted by atomic mass is 9.95. The number of nitrogens with one attached hydrogen (secondary N) is 1. The molecule has 0 aromatic heterocycles. The predicted octanol–water partition coefficient (Wildman–Crippen LogP) is 1.96. The fourth-order valence-electron chi connectivity index (χ4n) is 3.84. The highest BCUT2D eigenvalue weighted by Crippen LogP contribution is 2.29. The van der Waals surface area contributed by atoms with Gasteiger partial charge in [0.15, 0.2) is 0 Å². The molecule has 0 bridgehead atoms. The first-order valence-electron chi connectivity index (χ1n) is 10.1. The Labute approximate surface area is 166 Å². The lowest BCUT2D eigenvalue weighted by Crippen LogP contribution is -2.47. The molecule has 1 unspecified atom stereocenters. The molecule has 0 spiro atoms. The number of hydrogen-bond acceptors (Lipinski definition) is 5. The zero-order chi connectivity index (χ0) is 20.1. The van der Waals surface area contributed by atoms with Gasteiger partial charge < -0.3 is 10.1 Å². The molecule has 1 atom stereocenters. The largest absolute Gasteiger partial charge is 0.494 e. The number of imide groups is 1. The topological polar surface area (TPSA) is 79.0 Å². The number of amides is 3. The maximum absolute atomic E-state index is 12.9. The van der Waals surface area contributed by atoms with E-state index in [1.807, 2.05) is 6.92 Å². The number of likely N-dealkylation sites (tertiary alicyclic amines) is 1. The number of anilines is 1. The summed E-state index contributed by atoms with van der Waals surface area (Å²) in [7, 11) is 0. The van der Waals surface area contributed by atoms with Crippen LogP contribution in [0.3, 0.4) is 0 Å². The number of nitrogens with zero attached hydrogens (tertiary/aromatic N) is 2. The van der Waals surface area contributed by atoms with E-state index in [0.717, 1.165) is 38.1 Å². The molecule has 1 aromatic carbocycles. The molecule has 3 rings (SSSR count). The van der Waals surface area contributed by atoms with Crippen molar-refractivity contribution in [3.05, 3.63) is 24.3 Å². The van der Waals surface area contributed by atoms with Crippen LogP contribution in [0.4, 0.5) is 5.69 Å². The van der Waals surface area contributed by atoms with Crippen LogP contribution in [0.25, 0.3) is 0 Å². The SMILES string of the molecule is CCCOc1ccc(N2C(=O)CC(N3CCC(CNC(C)=O)CC3)C2=O)cc1. The maximum atomic E-state index is 12.9. The average molecular weight is 387 g/mol. The van der Waals surface area contributed by atoms with Gasteiger partial charge in [0.05, 0.1) is 24.8 Å². The van der Waals surface area contributed by atoms with Gasteiger partial charge in [0, 0.05) is 13.5 Å². The van der Waals surface area contributed by atoms with E-state index in [4.69, 9.17) is 4.74 Å². The van der Waals surface area contributed by atoms with Crippen LogP contribution < -0.4 is 15.0 Å². The minimum absolute atomic E-state index is 0.0132. The summed E-state index contributed by atoms with van der Waals surface area (Å²) in [6, 6.07) is 6.75. The number of piperidine rings is 1. The lowest BCUT2D eigenvalue weighted by Gasteiger charge is -2.34. The van der Waals surface area contributed by atoms with Gasteiger partial charge in [0.25, 0.3) is 5.91 Å². The highest BCUT2D eigenvalue weighted by Gasteiger charge is 2.43. The van der Waals surface area contributed by atoms with Gasteiger partial charge in [-0.05, 0) is 62.5 Å². The number of ether oxygens (including phenoxy) is 1. The van der Waals surface area contributed by atoms with Gasteiger partial charge in [0.2, 0.25) is 11.8 Å². The predicted molar refractivity (Wildman–Crippen MR) is 106 cm³/mol. The fraction of sp³-hybridized carbons (Fsp3) is 0.571. The van der Waals surface area contributed by atoms with E-state index >= 15 is 0 Å². The molecule has 7 heteroatoms. The molecule has 0 aliphatic carbocycles. The summed E-state index contributed by atoms with van der Waals surface area (Å²) in [4.78, 5) is 40.0. The third kappa shape index (κ3) is 4.70. The second-order valence-corrected chi connectivity index (χ2v) is 7.55. The molecule has 1 N–H and O–H groups in total. The van der Waals surface area contributed by atoms with Crippen molar-refractivity contribution in [2.24, 2.45) is 5.92 Å². The van der Waals surface area contributed by atoms with E-state index in [9.17, 15) is 14.4 Å². The highest BCUT2D eigenvalue weighted by atomic mass is 16.5. The van der Waals surface area contributed by atoms with Crippen molar-refractivity contribution in [1.82, 2.24) is 10.2 Å². The van der Waals surface area contributed by atoms with Gasteiger partial charge in [-0.15, -0.1) is 0 Å². The van der Waals surface area contributed by atoms with Crippen LogP contribution in [0.1, 0.15) is 39.5 Å². The first-order valence-corrected chi connectivity index (χ1v) is 10.1. The van der Waals surface area contributed by atoms with E-state index in [1.165, 1.54) is 11.8 Å². The molecule has 1 aromatic rings. The number of hydrogen-bond donors (Lipinski definition) is 1. The van der Waals surface area contributed by atoms with Gasteiger partial charge in [0.1, 0.15) is 5.75 Å². The summed E-state index contributed by atoms with van der Waals surface area (Å²) in [5.41, 5.74) is 0.599. The van der Waals surface area contributed by atoms with Gasteiger partial charge in [-0.1, -0.05) is 6.92 Å². The van der Waals surface area contributed by atoms with Crippen molar-refractivity contribution < 1.29 is 19.1 Å². The Hall–Kier alpha value is -2.41. The highest BCUT2D eigenvalue weighted by molar-refractivity contribution is 6.22. The molecule has 3 amide bonds.